The Bertz CT molecular complexity index is 854. The van der Waals surface area contributed by atoms with E-state index in [-0.39, 0.29) is 22.5 Å². The van der Waals surface area contributed by atoms with Gasteiger partial charge >= 0.3 is 0 Å². The molecule has 3 N–H and O–H groups in total. The fourth-order valence-corrected chi connectivity index (χ4v) is 2.30. The minimum Gasteiger partial charge on any atom is -0.494 e. The number of halogens is 1. The van der Waals surface area contributed by atoms with Crippen molar-refractivity contribution in [3.8, 4) is 5.75 Å². The van der Waals surface area contributed by atoms with Gasteiger partial charge < -0.3 is 15.4 Å². The number of methoxy groups -OCH3 is 1. The number of benzene rings is 2. The normalized spacial score (nSPS) is 10.3. The van der Waals surface area contributed by atoms with Crippen LogP contribution >= 0.6 is 12.2 Å². The van der Waals surface area contributed by atoms with Gasteiger partial charge in [-0.25, -0.2) is 4.39 Å². The molecule has 0 aliphatic carbocycles. The summed E-state index contributed by atoms with van der Waals surface area (Å²) in [5.41, 5.74) is 1.38. The highest BCUT2D eigenvalue weighted by atomic mass is 32.1. The predicted octanol–water partition coefficient (Wildman–Crippen LogP) is 3.56. The summed E-state index contributed by atoms with van der Waals surface area (Å²) in [6.07, 6.45) is 0. The quantitative estimate of drug-likeness (QED) is 0.682. The van der Waals surface area contributed by atoms with Crippen molar-refractivity contribution in [3.05, 3.63) is 53.8 Å². The summed E-state index contributed by atoms with van der Waals surface area (Å²) in [5.74, 6) is -0.733. The Morgan fingerprint density at radius 2 is 1.74 bits per heavy atom. The highest BCUT2D eigenvalue weighted by molar-refractivity contribution is 7.80. The Labute approximate surface area is 162 Å². The smallest absolute Gasteiger partial charge is 0.257 e. The van der Waals surface area contributed by atoms with E-state index in [4.69, 9.17) is 17.0 Å². The van der Waals surface area contributed by atoms with Gasteiger partial charge in [-0.3, -0.25) is 14.9 Å². The lowest BCUT2D eigenvalue weighted by Gasteiger charge is -2.14. The topological polar surface area (TPSA) is 79.5 Å². The zero-order valence-corrected chi connectivity index (χ0v) is 15.9. The fraction of sp³-hybridized carbons (Fsp3) is 0.211. The van der Waals surface area contributed by atoms with Crippen molar-refractivity contribution in [1.29, 1.82) is 0 Å². The molecule has 0 aromatic heterocycles. The number of rotatable bonds is 5. The Morgan fingerprint density at radius 3 is 2.33 bits per heavy atom. The van der Waals surface area contributed by atoms with E-state index in [1.54, 1.807) is 32.0 Å². The molecule has 0 saturated heterocycles. The van der Waals surface area contributed by atoms with Gasteiger partial charge in [0.2, 0.25) is 5.91 Å². The van der Waals surface area contributed by atoms with Gasteiger partial charge in [0.15, 0.2) is 5.11 Å². The molecule has 2 amide bonds. The van der Waals surface area contributed by atoms with Crippen LogP contribution in [0.3, 0.4) is 0 Å². The van der Waals surface area contributed by atoms with E-state index in [2.05, 4.69) is 16.0 Å². The molecule has 0 radical (unpaired) electrons. The highest BCUT2D eigenvalue weighted by Gasteiger charge is 2.13. The van der Waals surface area contributed by atoms with Crippen LogP contribution in [0, 0.1) is 11.7 Å². The van der Waals surface area contributed by atoms with Crippen LogP contribution in [0.15, 0.2) is 42.5 Å². The Balaban J connectivity index is 2.03. The molecule has 0 spiro atoms. The Hall–Kier alpha value is -3.00. The standard InChI is InChI=1S/C19H20FN3O3S/c1-11(2)17(24)22-15-9-8-14(10-16(15)26-3)21-19(27)23-18(25)12-4-6-13(20)7-5-12/h4-11H,1-3H3,(H,22,24)(H2,21,23,25,27). The van der Waals surface area contributed by atoms with E-state index in [1.807, 2.05) is 0 Å². The molecule has 8 heteroatoms. The van der Waals surface area contributed by atoms with Crippen LogP contribution in [-0.2, 0) is 4.79 Å². The lowest BCUT2D eigenvalue weighted by Crippen LogP contribution is -2.34. The van der Waals surface area contributed by atoms with Crippen LogP contribution in [0.1, 0.15) is 24.2 Å². The molecule has 6 nitrogen and oxygen atoms in total. The first-order valence-corrected chi connectivity index (χ1v) is 8.57. The zero-order valence-electron chi connectivity index (χ0n) is 15.1. The number of carbonyl (C=O) groups excluding carboxylic acids is 2. The second kappa shape index (κ2) is 9.09. The lowest BCUT2D eigenvalue weighted by molar-refractivity contribution is -0.118. The van der Waals surface area contributed by atoms with Crippen LogP contribution in [-0.4, -0.2) is 24.0 Å². The van der Waals surface area contributed by atoms with Gasteiger partial charge in [0.1, 0.15) is 11.6 Å². The molecular formula is C19H20FN3O3S. The summed E-state index contributed by atoms with van der Waals surface area (Å²) in [6, 6.07) is 10.1. The third-order valence-electron chi connectivity index (χ3n) is 3.58. The summed E-state index contributed by atoms with van der Waals surface area (Å²) in [4.78, 5) is 23.9. The first-order chi connectivity index (χ1) is 12.8. The van der Waals surface area contributed by atoms with E-state index in [0.29, 0.717) is 17.1 Å². The monoisotopic (exact) mass is 389 g/mol. The summed E-state index contributed by atoms with van der Waals surface area (Å²) < 4.78 is 18.2. The SMILES string of the molecule is COc1cc(NC(=S)NC(=O)c2ccc(F)cc2)ccc1NC(=O)C(C)C. The van der Waals surface area contributed by atoms with Crippen molar-refractivity contribution in [2.45, 2.75) is 13.8 Å². The molecule has 2 rings (SSSR count). The van der Waals surface area contributed by atoms with Crippen molar-refractivity contribution in [1.82, 2.24) is 5.32 Å². The number of nitrogens with one attached hydrogen (secondary N) is 3. The second-order valence-corrected chi connectivity index (χ2v) is 6.38. The van der Waals surface area contributed by atoms with Crippen LogP contribution in [0.25, 0.3) is 0 Å². The fourth-order valence-electron chi connectivity index (χ4n) is 2.09. The average Bonchev–Trinajstić information content (AvgIpc) is 2.63. The van der Waals surface area contributed by atoms with Crippen molar-refractivity contribution < 1.29 is 18.7 Å². The molecule has 0 saturated carbocycles. The Kier molecular flexibility index (Phi) is 6.84. The van der Waals surface area contributed by atoms with Crippen molar-refractivity contribution >= 4 is 40.5 Å². The molecule has 0 aliphatic heterocycles. The van der Waals surface area contributed by atoms with Gasteiger partial charge in [0.25, 0.3) is 5.91 Å². The third-order valence-corrected chi connectivity index (χ3v) is 3.78. The predicted molar refractivity (Wildman–Crippen MR) is 107 cm³/mol. The maximum atomic E-state index is 12.9. The van der Waals surface area contributed by atoms with Gasteiger partial charge in [0, 0.05) is 23.2 Å². The summed E-state index contributed by atoms with van der Waals surface area (Å²) in [5, 5.41) is 8.23. The minimum absolute atomic E-state index is 0.0744. The summed E-state index contributed by atoms with van der Waals surface area (Å²) in [7, 11) is 1.48. The van der Waals surface area contributed by atoms with Gasteiger partial charge in [-0.1, -0.05) is 13.8 Å². The van der Waals surface area contributed by atoms with E-state index < -0.39 is 11.7 Å². The van der Waals surface area contributed by atoms with E-state index >= 15 is 0 Å². The van der Waals surface area contributed by atoms with E-state index in [1.165, 1.54) is 31.4 Å². The number of hydrogen-bond acceptors (Lipinski definition) is 4. The maximum absolute atomic E-state index is 12.9. The third kappa shape index (κ3) is 5.75. The molecule has 2 aromatic carbocycles. The maximum Gasteiger partial charge on any atom is 0.257 e. The zero-order chi connectivity index (χ0) is 20.0. The first kappa shape index (κ1) is 20.3. The van der Waals surface area contributed by atoms with Crippen LogP contribution in [0.2, 0.25) is 0 Å². The summed E-state index contributed by atoms with van der Waals surface area (Å²) >= 11 is 5.13. The number of amides is 2. The lowest BCUT2D eigenvalue weighted by atomic mass is 10.2. The van der Waals surface area contributed by atoms with Crippen LogP contribution < -0.4 is 20.7 Å². The molecule has 0 unspecified atom stereocenters. The molecule has 27 heavy (non-hydrogen) atoms. The van der Waals surface area contributed by atoms with Gasteiger partial charge in [0.05, 0.1) is 12.8 Å². The van der Waals surface area contributed by atoms with Gasteiger partial charge in [-0.2, -0.15) is 0 Å². The van der Waals surface area contributed by atoms with Crippen LogP contribution in [0.5, 0.6) is 5.75 Å². The van der Waals surface area contributed by atoms with E-state index in [0.717, 1.165) is 0 Å². The first-order valence-electron chi connectivity index (χ1n) is 8.17. The largest absolute Gasteiger partial charge is 0.494 e. The molecule has 0 fully saturated rings. The number of ether oxygens (including phenoxy) is 1. The molecule has 2 aromatic rings. The van der Waals surface area contributed by atoms with Crippen LogP contribution in [0.4, 0.5) is 15.8 Å². The number of thiocarbonyl (C=S) groups is 1. The number of carbonyl (C=O) groups is 2. The molecular weight excluding hydrogens is 369 g/mol. The molecule has 142 valence electrons. The van der Waals surface area contributed by atoms with Gasteiger partial charge in [-0.05, 0) is 48.6 Å². The molecule has 0 atom stereocenters. The van der Waals surface area contributed by atoms with Crippen molar-refractivity contribution in [2.24, 2.45) is 5.92 Å². The minimum atomic E-state index is -0.458. The molecule has 0 aliphatic rings. The van der Waals surface area contributed by atoms with Crippen molar-refractivity contribution in [3.63, 3.8) is 0 Å². The summed E-state index contributed by atoms with van der Waals surface area (Å²) in [6.45, 7) is 3.58. The molecule has 0 bridgehead atoms. The van der Waals surface area contributed by atoms with E-state index in [9.17, 15) is 14.0 Å². The highest BCUT2D eigenvalue weighted by Crippen LogP contribution is 2.28. The number of hydrogen-bond donors (Lipinski definition) is 3. The van der Waals surface area contributed by atoms with Gasteiger partial charge in [-0.15, -0.1) is 0 Å². The molecule has 0 heterocycles. The Morgan fingerprint density at radius 1 is 1.07 bits per heavy atom. The van der Waals surface area contributed by atoms with Crippen molar-refractivity contribution in [2.75, 3.05) is 17.7 Å². The average molecular weight is 389 g/mol. The second-order valence-electron chi connectivity index (χ2n) is 5.97. The number of anilines is 2.